The SMILES string of the molecule is CC(C)(c1c(Br)cc(OCC2CO2)c(Br)c1Br)c1c(Br)cc(OCC2CO2)c(Br)c1Br.CC(C)(c1c(Br)cc(OCC2CO2)cc1Br)c1c(Br)cc(OCC2CO2)c(Br)c1Br. The highest BCUT2D eigenvalue weighted by atomic mass is 79.9. The van der Waals surface area contributed by atoms with Crippen molar-refractivity contribution in [2.24, 2.45) is 0 Å². The van der Waals surface area contributed by atoms with Crippen LogP contribution in [0.2, 0.25) is 0 Å². The van der Waals surface area contributed by atoms with E-state index in [1.54, 1.807) is 0 Å². The first-order chi connectivity index (χ1) is 28.8. The molecule has 4 unspecified atom stereocenters. The van der Waals surface area contributed by atoms with Crippen LogP contribution in [0.1, 0.15) is 49.9 Å². The van der Waals surface area contributed by atoms with Gasteiger partial charge in [0, 0.05) is 46.6 Å². The van der Waals surface area contributed by atoms with Gasteiger partial charge < -0.3 is 37.9 Å². The molecule has 0 spiro atoms. The van der Waals surface area contributed by atoms with Crippen LogP contribution in [0.3, 0.4) is 0 Å². The largest absolute Gasteiger partial charge is 0.491 e. The molecule has 61 heavy (non-hydrogen) atoms. The number of halogens is 11. The maximum atomic E-state index is 5.94. The lowest BCUT2D eigenvalue weighted by Crippen LogP contribution is -2.22. The first kappa shape index (κ1) is 50.1. The molecular weight excluding hydrogens is 1510 g/mol. The predicted octanol–water partition coefficient (Wildman–Crippen LogP) is 15.5. The summed E-state index contributed by atoms with van der Waals surface area (Å²) in [4.78, 5) is 0. The first-order valence-corrected chi connectivity index (χ1v) is 27.5. The Kier molecular flexibility index (Phi) is 17.1. The summed E-state index contributed by atoms with van der Waals surface area (Å²) in [5.41, 5.74) is 3.65. The van der Waals surface area contributed by atoms with Crippen LogP contribution in [0.15, 0.2) is 79.5 Å². The van der Waals surface area contributed by atoms with Gasteiger partial charge in [0.25, 0.3) is 0 Å². The van der Waals surface area contributed by atoms with E-state index >= 15 is 0 Å². The number of hydrogen-bond donors (Lipinski definition) is 0. The second-order valence-electron chi connectivity index (χ2n) is 15.7. The van der Waals surface area contributed by atoms with Crippen LogP contribution in [0.5, 0.6) is 23.0 Å². The van der Waals surface area contributed by atoms with Gasteiger partial charge in [-0.3, -0.25) is 0 Å². The first-order valence-electron chi connectivity index (χ1n) is 18.8. The van der Waals surface area contributed by atoms with Crippen molar-refractivity contribution in [3.05, 3.63) is 102 Å². The maximum absolute atomic E-state index is 5.94. The Morgan fingerprint density at radius 2 is 0.639 bits per heavy atom. The number of epoxide rings is 4. The van der Waals surface area contributed by atoms with Crippen LogP contribution < -0.4 is 18.9 Å². The van der Waals surface area contributed by atoms with Gasteiger partial charge in [0.15, 0.2) is 0 Å². The summed E-state index contributed by atoms with van der Waals surface area (Å²) >= 11 is 41.3. The second kappa shape index (κ2) is 20.8. The normalized spacial score (nSPS) is 20.1. The van der Waals surface area contributed by atoms with Crippen molar-refractivity contribution in [2.45, 2.75) is 62.9 Å². The molecule has 19 heteroatoms. The molecular formula is C42H37Br11O8. The zero-order valence-corrected chi connectivity index (χ0v) is 50.2. The fraction of sp³-hybridized carbons (Fsp3) is 0.429. The molecule has 4 aromatic rings. The Labute approximate surface area is 448 Å². The van der Waals surface area contributed by atoms with Crippen molar-refractivity contribution < 1.29 is 37.9 Å². The molecule has 8 rings (SSSR count). The molecule has 4 saturated heterocycles. The molecule has 4 aliphatic rings. The highest BCUT2D eigenvalue weighted by molar-refractivity contribution is 9.14. The van der Waals surface area contributed by atoms with Gasteiger partial charge in [0.05, 0.1) is 39.8 Å². The minimum Gasteiger partial charge on any atom is -0.491 e. The fourth-order valence-corrected chi connectivity index (χ4v) is 16.3. The smallest absolute Gasteiger partial charge is 0.135 e. The highest BCUT2D eigenvalue weighted by Crippen LogP contribution is 2.53. The Balaban J connectivity index is 0.000000184. The van der Waals surface area contributed by atoms with E-state index in [-0.39, 0.29) is 29.8 Å². The van der Waals surface area contributed by atoms with E-state index in [0.29, 0.717) is 26.4 Å². The summed E-state index contributed by atoms with van der Waals surface area (Å²) < 4.78 is 54.9. The van der Waals surface area contributed by atoms with Crippen molar-refractivity contribution in [1.82, 2.24) is 0 Å². The Morgan fingerprint density at radius 3 is 0.918 bits per heavy atom. The lowest BCUT2D eigenvalue weighted by Gasteiger charge is -2.32. The van der Waals surface area contributed by atoms with Crippen molar-refractivity contribution in [3.63, 3.8) is 0 Å². The predicted molar refractivity (Wildman–Crippen MR) is 276 cm³/mol. The van der Waals surface area contributed by atoms with Gasteiger partial charge in [-0.2, -0.15) is 0 Å². The van der Waals surface area contributed by atoms with Crippen molar-refractivity contribution in [1.29, 1.82) is 0 Å². The molecule has 0 amide bonds. The Morgan fingerprint density at radius 1 is 0.393 bits per heavy atom. The fourth-order valence-electron chi connectivity index (χ4n) is 6.63. The van der Waals surface area contributed by atoms with E-state index in [9.17, 15) is 0 Å². The van der Waals surface area contributed by atoms with Crippen LogP contribution in [-0.2, 0) is 29.8 Å². The van der Waals surface area contributed by atoms with Crippen LogP contribution in [0.25, 0.3) is 0 Å². The third-order valence-corrected chi connectivity index (χ3v) is 19.7. The van der Waals surface area contributed by atoms with Gasteiger partial charge in [-0.1, -0.05) is 107 Å². The van der Waals surface area contributed by atoms with Gasteiger partial charge in [-0.05, 0) is 148 Å². The molecule has 4 fully saturated rings. The van der Waals surface area contributed by atoms with Gasteiger partial charge in [0.1, 0.15) is 73.8 Å². The Bertz CT molecular complexity index is 2210. The number of ether oxygens (including phenoxy) is 8. The minimum atomic E-state index is -0.392. The summed E-state index contributed by atoms with van der Waals surface area (Å²) in [5.74, 6) is 3.10. The van der Waals surface area contributed by atoms with E-state index in [2.05, 4.69) is 203 Å². The van der Waals surface area contributed by atoms with Crippen molar-refractivity contribution in [2.75, 3.05) is 52.9 Å². The lowest BCUT2D eigenvalue weighted by atomic mass is 9.78. The number of benzene rings is 4. The molecule has 0 saturated carbocycles. The molecule has 4 aromatic carbocycles. The highest BCUT2D eigenvalue weighted by Gasteiger charge is 2.37. The molecule has 330 valence electrons. The summed E-state index contributed by atoms with van der Waals surface area (Å²) in [6.07, 6.45) is 0.800. The molecule has 0 radical (unpaired) electrons. The lowest BCUT2D eigenvalue weighted by molar-refractivity contribution is 0.261. The molecule has 4 heterocycles. The molecule has 0 aromatic heterocycles. The van der Waals surface area contributed by atoms with E-state index in [4.69, 9.17) is 37.9 Å². The van der Waals surface area contributed by atoms with Crippen LogP contribution in [0, 0.1) is 0 Å². The molecule has 0 aliphatic carbocycles. The quantitative estimate of drug-likeness (QED) is 0.0810. The second-order valence-corrected chi connectivity index (χ2v) is 24.7. The maximum Gasteiger partial charge on any atom is 0.135 e. The molecule has 4 aliphatic heterocycles. The van der Waals surface area contributed by atoms with E-state index in [0.717, 1.165) is 121 Å². The minimum absolute atomic E-state index is 0.192. The van der Waals surface area contributed by atoms with Crippen LogP contribution in [-0.4, -0.2) is 77.3 Å². The molecule has 0 bridgehead atoms. The number of hydrogen-bond acceptors (Lipinski definition) is 8. The summed E-state index contributed by atoms with van der Waals surface area (Å²) in [6, 6.07) is 10.0. The molecule has 0 N–H and O–H groups in total. The zero-order valence-electron chi connectivity index (χ0n) is 32.8. The van der Waals surface area contributed by atoms with Crippen molar-refractivity contribution in [3.8, 4) is 23.0 Å². The summed E-state index contributed by atoms with van der Waals surface area (Å²) in [5, 5.41) is 0. The van der Waals surface area contributed by atoms with Gasteiger partial charge in [-0.25, -0.2) is 0 Å². The van der Waals surface area contributed by atoms with E-state index < -0.39 is 5.41 Å². The van der Waals surface area contributed by atoms with Crippen LogP contribution >= 0.6 is 175 Å². The third-order valence-electron chi connectivity index (χ3n) is 10.2. The van der Waals surface area contributed by atoms with Gasteiger partial charge >= 0.3 is 0 Å². The standard InChI is InChI=1S/C21H18Br6O4.C21H19Br5O4/c1-21(2,15-11(22)3-13(17(24)19(15)26)30-7-9-5-28-9)16-12(23)4-14(18(25)20(16)27)31-8-10-6-29-10;1-21(2,17-13(22)3-10(4-14(17)23)27-6-11-7-28-11)18-15(24)5-16(19(25)20(18)26)30-9-12-8-29-12/h3-4,9-10H,5-8H2,1-2H3;3-5,11-12H,6-9H2,1-2H3. The molecule has 8 nitrogen and oxygen atoms in total. The average Bonchev–Trinajstić information content (AvgIpc) is 3.98. The average molecular weight is 1550 g/mol. The van der Waals surface area contributed by atoms with Gasteiger partial charge in [-0.15, -0.1) is 0 Å². The third kappa shape index (κ3) is 12.1. The van der Waals surface area contributed by atoms with Gasteiger partial charge in [0.2, 0.25) is 0 Å². The summed E-state index contributed by atoms with van der Waals surface area (Å²) in [6.45, 7) is 14.0. The van der Waals surface area contributed by atoms with E-state index in [1.165, 1.54) is 0 Å². The summed E-state index contributed by atoms with van der Waals surface area (Å²) in [7, 11) is 0. The van der Waals surface area contributed by atoms with Crippen molar-refractivity contribution >= 4 is 175 Å². The van der Waals surface area contributed by atoms with E-state index in [1.807, 2.05) is 30.3 Å². The number of rotatable bonds is 16. The molecule has 4 atom stereocenters. The van der Waals surface area contributed by atoms with Crippen LogP contribution in [0.4, 0.5) is 0 Å². The monoisotopic (exact) mass is 1540 g/mol. The topological polar surface area (TPSA) is 87.0 Å². The zero-order chi connectivity index (χ0) is 44.1. The Hall–Kier alpha value is 1.20.